The molecule has 0 atom stereocenters. The number of aromatic nitrogens is 4. The molecule has 0 spiro atoms. The van der Waals surface area contributed by atoms with Crippen molar-refractivity contribution in [3.05, 3.63) is 52.7 Å². The van der Waals surface area contributed by atoms with Gasteiger partial charge in [0.1, 0.15) is 4.88 Å². The maximum atomic E-state index is 12.1. The third kappa shape index (κ3) is 3.41. The second-order valence-electron chi connectivity index (χ2n) is 6.26. The molecule has 3 aromatic heterocycles. The quantitative estimate of drug-likeness (QED) is 0.745. The average Bonchev–Trinajstić information content (AvgIpc) is 3.07. The van der Waals surface area contributed by atoms with Gasteiger partial charge in [-0.15, -0.1) is 21.5 Å². The number of hydrogen-bond acceptors (Lipinski definition) is 7. The summed E-state index contributed by atoms with van der Waals surface area (Å²) in [6.45, 7) is 4.25. The molecule has 7 nitrogen and oxygen atoms in total. The molecule has 8 heteroatoms. The van der Waals surface area contributed by atoms with Crippen molar-refractivity contribution < 1.29 is 4.79 Å². The molecule has 26 heavy (non-hydrogen) atoms. The summed E-state index contributed by atoms with van der Waals surface area (Å²) in [7, 11) is 0. The monoisotopic (exact) mass is 366 g/mol. The summed E-state index contributed by atoms with van der Waals surface area (Å²) in [6.07, 6.45) is 3.49. The Labute approximate surface area is 155 Å². The highest BCUT2D eigenvalue weighted by atomic mass is 32.1. The number of anilines is 1. The lowest BCUT2D eigenvalue weighted by Gasteiger charge is -2.39. The predicted molar refractivity (Wildman–Crippen MR) is 100 cm³/mol. The third-order valence-electron chi connectivity index (χ3n) is 4.41. The largest absolute Gasteiger partial charge is 0.354 e. The lowest BCUT2D eigenvalue weighted by molar-refractivity contribution is 0.0948. The van der Waals surface area contributed by atoms with Crippen LogP contribution in [0.1, 0.15) is 15.4 Å². The Bertz CT molecular complexity index is 890. The second-order valence-corrected chi connectivity index (χ2v) is 7.12. The van der Waals surface area contributed by atoms with E-state index in [2.05, 4.69) is 30.4 Å². The molecule has 3 aromatic rings. The molecule has 132 valence electrons. The van der Waals surface area contributed by atoms with E-state index in [9.17, 15) is 4.79 Å². The highest BCUT2D eigenvalue weighted by Crippen LogP contribution is 2.24. The van der Waals surface area contributed by atoms with E-state index in [1.807, 2.05) is 31.2 Å². The van der Waals surface area contributed by atoms with Gasteiger partial charge in [0.15, 0.2) is 5.82 Å². The lowest BCUT2D eigenvalue weighted by atomic mass is 10.00. The van der Waals surface area contributed by atoms with Gasteiger partial charge in [0.2, 0.25) is 0 Å². The zero-order valence-electron chi connectivity index (χ0n) is 14.3. The average molecular weight is 366 g/mol. The van der Waals surface area contributed by atoms with Crippen molar-refractivity contribution in [2.75, 3.05) is 24.5 Å². The molecule has 4 rings (SSSR count). The van der Waals surface area contributed by atoms with E-state index in [0.29, 0.717) is 17.3 Å². The molecule has 1 N–H and O–H groups in total. The van der Waals surface area contributed by atoms with Crippen LogP contribution in [0.15, 0.2) is 42.2 Å². The Morgan fingerprint density at radius 3 is 2.69 bits per heavy atom. The second kappa shape index (κ2) is 7.17. The van der Waals surface area contributed by atoms with Gasteiger partial charge >= 0.3 is 0 Å². The minimum absolute atomic E-state index is 0.0371. The summed E-state index contributed by atoms with van der Waals surface area (Å²) in [4.78, 5) is 23.1. The van der Waals surface area contributed by atoms with Crippen LogP contribution in [0.25, 0.3) is 11.3 Å². The van der Waals surface area contributed by atoms with E-state index in [4.69, 9.17) is 0 Å². The summed E-state index contributed by atoms with van der Waals surface area (Å²) >= 11 is 1.38. The highest BCUT2D eigenvalue weighted by molar-refractivity contribution is 7.11. The van der Waals surface area contributed by atoms with Crippen LogP contribution in [-0.2, 0) is 0 Å². The summed E-state index contributed by atoms with van der Waals surface area (Å²) in [5.41, 5.74) is 4.32. The van der Waals surface area contributed by atoms with Crippen LogP contribution in [0.2, 0.25) is 0 Å². The number of amides is 1. The standard InChI is InChI=1S/C18H18N6OS/c1-12-17(26-11-21-12)18(25)20-8-13-9-24(10-13)16-3-2-15(22-23-16)14-4-6-19-7-5-14/h2-7,11,13H,8-10H2,1H3,(H,20,25). The Kier molecular flexibility index (Phi) is 4.57. The van der Waals surface area contributed by atoms with Crippen molar-refractivity contribution in [1.29, 1.82) is 0 Å². The summed E-state index contributed by atoms with van der Waals surface area (Å²) in [6, 6.07) is 7.78. The molecule has 1 saturated heterocycles. The molecule has 0 bridgehead atoms. The molecule has 0 aliphatic carbocycles. The van der Waals surface area contributed by atoms with Gasteiger partial charge in [0, 0.05) is 43.5 Å². The van der Waals surface area contributed by atoms with Gasteiger partial charge in [0.05, 0.1) is 16.9 Å². The Morgan fingerprint density at radius 2 is 2.04 bits per heavy atom. The van der Waals surface area contributed by atoms with Gasteiger partial charge in [-0.25, -0.2) is 4.98 Å². The maximum Gasteiger partial charge on any atom is 0.263 e. The smallest absolute Gasteiger partial charge is 0.263 e. The fraction of sp³-hybridized carbons (Fsp3) is 0.278. The summed E-state index contributed by atoms with van der Waals surface area (Å²) in [5, 5.41) is 11.6. The van der Waals surface area contributed by atoms with Crippen molar-refractivity contribution in [2.24, 2.45) is 5.92 Å². The minimum Gasteiger partial charge on any atom is -0.354 e. The zero-order valence-corrected chi connectivity index (χ0v) is 15.1. The third-order valence-corrected chi connectivity index (χ3v) is 5.34. The first-order chi connectivity index (χ1) is 12.7. The molecule has 1 aliphatic rings. The zero-order chi connectivity index (χ0) is 17.9. The van der Waals surface area contributed by atoms with Crippen LogP contribution >= 0.6 is 11.3 Å². The van der Waals surface area contributed by atoms with Gasteiger partial charge in [-0.2, -0.15) is 0 Å². The molecule has 1 fully saturated rings. The van der Waals surface area contributed by atoms with Gasteiger partial charge in [-0.05, 0) is 31.2 Å². The van der Waals surface area contributed by atoms with Crippen molar-refractivity contribution >= 4 is 23.1 Å². The van der Waals surface area contributed by atoms with Crippen molar-refractivity contribution in [3.8, 4) is 11.3 Å². The van der Waals surface area contributed by atoms with Crippen molar-refractivity contribution in [2.45, 2.75) is 6.92 Å². The number of carbonyl (C=O) groups is 1. The number of hydrogen-bond donors (Lipinski definition) is 1. The summed E-state index contributed by atoms with van der Waals surface area (Å²) < 4.78 is 0. The van der Waals surface area contributed by atoms with Crippen LogP contribution in [0.5, 0.6) is 0 Å². The van der Waals surface area contributed by atoms with E-state index in [-0.39, 0.29) is 5.91 Å². The molecular weight excluding hydrogens is 348 g/mol. The first-order valence-corrected chi connectivity index (χ1v) is 9.26. The number of carbonyl (C=O) groups excluding carboxylic acids is 1. The number of nitrogens with one attached hydrogen (secondary N) is 1. The van der Waals surface area contributed by atoms with E-state index >= 15 is 0 Å². The van der Waals surface area contributed by atoms with Gasteiger partial charge in [0.25, 0.3) is 5.91 Å². The Balaban J connectivity index is 1.28. The first kappa shape index (κ1) is 16.6. The minimum atomic E-state index is -0.0371. The molecule has 1 amide bonds. The van der Waals surface area contributed by atoms with Crippen LogP contribution in [-0.4, -0.2) is 45.7 Å². The molecule has 0 aromatic carbocycles. The highest BCUT2D eigenvalue weighted by Gasteiger charge is 2.28. The molecule has 0 saturated carbocycles. The van der Waals surface area contributed by atoms with Crippen LogP contribution < -0.4 is 10.2 Å². The summed E-state index contributed by atoms with van der Waals surface area (Å²) in [5.74, 6) is 1.25. The molecule has 4 heterocycles. The maximum absolute atomic E-state index is 12.1. The fourth-order valence-corrected chi connectivity index (χ4v) is 3.61. The fourth-order valence-electron chi connectivity index (χ4n) is 2.89. The molecule has 1 aliphatic heterocycles. The Morgan fingerprint density at radius 1 is 1.23 bits per heavy atom. The van der Waals surface area contributed by atoms with Crippen LogP contribution in [0.4, 0.5) is 5.82 Å². The number of aryl methyl sites for hydroxylation is 1. The first-order valence-electron chi connectivity index (χ1n) is 8.38. The molecular formula is C18H18N6OS. The van der Waals surface area contributed by atoms with Gasteiger partial charge < -0.3 is 10.2 Å². The molecule has 0 unspecified atom stereocenters. The lowest BCUT2D eigenvalue weighted by Crippen LogP contribution is -2.51. The number of nitrogens with zero attached hydrogens (tertiary/aromatic N) is 5. The van der Waals surface area contributed by atoms with E-state index in [1.54, 1.807) is 17.9 Å². The normalized spacial score (nSPS) is 14.1. The Hall–Kier alpha value is -2.87. The predicted octanol–water partition coefficient (Wildman–Crippen LogP) is 2.17. The topological polar surface area (TPSA) is 83.9 Å². The van der Waals surface area contributed by atoms with Crippen LogP contribution in [0, 0.1) is 12.8 Å². The van der Waals surface area contributed by atoms with Crippen molar-refractivity contribution in [1.82, 2.24) is 25.5 Å². The van der Waals surface area contributed by atoms with Gasteiger partial charge in [-0.3, -0.25) is 9.78 Å². The number of rotatable bonds is 5. The van der Waals surface area contributed by atoms with Crippen LogP contribution in [0.3, 0.4) is 0 Å². The number of pyridine rings is 1. The molecule has 0 radical (unpaired) electrons. The van der Waals surface area contributed by atoms with E-state index in [1.165, 1.54) is 11.3 Å². The van der Waals surface area contributed by atoms with E-state index in [0.717, 1.165) is 35.9 Å². The number of thiazole rings is 1. The SMILES string of the molecule is Cc1ncsc1C(=O)NCC1CN(c2ccc(-c3ccncc3)nn2)C1. The van der Waals surface area contributed by atoms with E-state index < -0.39 is 0 Å². The van der Waals surface area contributed by atoms with Gasteiger partial charge in [-0.1, -0.05) is 0 Å². The van der Waals surface area contributed by atoms with Crippen molar-refractivity contribution in [3.63, 3.8) is 0 Å².